The Morgan fingerprint density at radius 3 is 2.67 bits per heavy atom. The molecule has 0 aromatic heterocycles. The van der Waals surface area contributed by atoms with Gasteiger partial charge in [-0.05, 0) is 37.1 Å². The second kappa shape index (κ2) is 4.30. The number of fused-ring (bicyclic) bond motifs is 1. The lowest BCUT2D eigenvalue weighted by Gasteiger charge is -2.34. The van der Waals surface area contributed by atoms with E-state index in [1.165, 1.54) is 0 Å². The molecule has 1 aromatic carbocycles. The maximum absolute atomic E-state index is 12.3. The lowest BCUT2D eigenvalue weighted by molar-refractivity contribution is -0.118. The van der Waals surface area contributed by atoms with Crippen LogP contribution in [0.25, 0.3) is 0 Å². The molecular formula is C14H16N2O4S. The molecule has 0 unspecified atom stereocenters. The van der Waals surface area contributed by atoms with E-state index >= 15 is 0 Å². The van der Waals surface area contributed by atoms with Crippen molar-refractivity contribution >= 4 is 27.3 Å². The van der Waals surface area contributed by atoms with Gasteiger partial charge in [-0.1, -0.05) is 0 Å². The molecule has 7 heteroatoms. The van der Waals surface area contributed by atoms with Crippen molar-refractivity contribution in [3.63, 3.8) is 0 Å². The number of hydrogen-bond donors (Lipinski definition) is 1. The van der Waals surface area contributed by atoms with E-state index in [0.717, 1.165) is 5.56 Å². The van der Waals surface area contributed by atoms with E-state index in [4.69, 9.17) is 5.73 Å². The molecule has 1 aromatic rings. The summed E-state index contributed by atoms with van der Waals surface area (Å²) in [7, 11) is -3.11. The molecule has 6 nitrogen and oxygen atoms in total. The molecule has 0 bridgehead atoms. The first kappa shape index (κ1) is 14.1. The van der Waals surface area contributed by atoms with Crippen LogP contribution in [0.2, 0.25) is 0 Å². The van der Waals surface area contributed by atoms with E-state index in [1.807, 2.05) is 0 Å². The number of amides is 2. The van der Waals surface area contributed by atoms with Crippen LogP contribution in [0.1, 0.15) is 29.3 Å². The van der Waals surface area contributed by atoms with Gasteiger partial charge in [-0.2, -0.15) is 0 Å². The fourth-order valence-corrected chi connectivity index (χ4v) is 5.35. The van der Waals surface area contributed by atoms with Crippen molar-refractivity contribution in [1.82, 2.24) is 0 Å². The van der Waals surface area contributed by atoms with Crippen LogP contribution < -0.4 is 10.6 Å². The Labute approximate surface area is 122 Å². The van der Waals surface area contributed by atoms with Gasteiger partial charge in [-0.15, -0.1) is 0 Å². The molecule has 0 aliphatic carbocycles. The Bertz CT molecular complexity index is 756. The molecule has 112 valence electrons. The van der Waals surface area contributed by atoms with E-state index in [2.05, 4.69) is 0 Å². The highest BCUT2D eigenvalue weighted by Gasteiger charge is 2.48. The normalized spacial score (nSPS) is 26.9. The summed E-state index contributed by atoms with van der Waals surface area (Å²) in [4.78, 5) is 25.1. The molecule has 2 N–H and O–H groups in total. The van der Waals surface area contributed by atoms with E-state index in [0.29, 0.717) is 17.7 Å². The molecule has 1 saturated heterocycles. The van der Waals surface area contributed by atoms with Gasteiger partial charge in [0.2, 0.25) is 11.8 Å². The fraction of sp³-hybridized carbons (Fsp3) is 0.429. The van der Waals surface area contributed by atoms with Crippen molar-refractivity contribution in [1.29, 1.82) is 0 Å². The minimum atomic E-state index is -3.11. The first-order chi connectivity index (χ1) is 9.72. The molecule has 1 fully saturated rings. The number of carbonyl (C=O) groups excluding carboxylic acids is 2. The zero-order chi connectivity index (χ0) is 15.4. The second-order valence-corrected chi connectivity index (χ2v) is 8.14. The number of anilines is 1. The molecule has 3 rings (SSSR count). The first-order valence-corrected chi connectivity index (χ1v) is 8.50. The highest BCUT2D eigenvalue weighted by atomic mass is 32.2. The number of rotatable bonds is 2. The van der Waals surface area contributed by atoms with Gasteiger partial charge in [-0.3, -0.25) is 9.59 Å². The van der Waals surface area contributed by atoms with Gasteiger partial charge >= 0.3 is 0 Å². The quantitative estimate of drug-likeness (QED) is 0.847. The summed E-state index contributed by atoms with van der Waals surface area (Å²) in [5.41, 5.74) is 6.29. The summed E-state index contributed by atoms with van der Waals surface area (Å²) in [5.74, 6) is -0.602. The van der Waals surface area contributed by atoms with Gasteiger partial charge < -0.3 is 10.6 Å². The number of carbonyl (C=O) groups is 2. The van der Waals surface area contributed by atoms with Crippen LogP contribution in [0.3, 0.4) is 0 Å². The highest BCUT2D eigenvalue weighted by molar-refractivity contribution is 7.91. The predicted octanol–water partition coefficient (Wildman–Crippen LogP) is 0.252. The summed E-state index contributed by atoms with van der Waals surface area (Å²) in [6, 6.07) is 4.86. The average Bonchev–Trinajstić information content (AvgIpc) is 2.84. The Balaban J connectivity index is 2.04. The number of sulfone groups is 1. The number of primary amides is 1. The molecule has 2 aliphatic heterocycles. The van der Waals surface area contributed by atoms with Crippen LogP contribution in [-0.2, 0) is 21.1 Å². The van der Waals surface area contributed by atoms with Crippen molar-refractivity contribution in [2.75, 3.05) is 16.4 Å². The average molecular weight is 308 g/mol. The van der Waals surface area contributed by atoms with E-state index < -0.39 is 21.3 Å². The Morgan fingerprint density at radius 2 is 2.10 bits per heavy atom. The molecular weight excluding hydrogens is 292 g/mol. The summed E-state index contributed by atoms with van der Waals surface area (Å²) >= 11 is 0. The lowest BCUT2D eigenvalue weighted by atomic mass is 9.99. The fourth-order valence-electron chi connectivity index (χ4n) is 3.24. The molecule has 2 amide bonds. The van der Waals surface area contributed by atoms with Crippen LogP contribution in [0.4, 0.5) is 5.69 Å². The number of nitrogens with zero attached hydrogens (tertiary/aromatic N) is 1. The number of benzene rings is 1. The number of hydrogen-bond acceptors (Lipinski definition) is 4. The van der Waals surface area contributed by atoms with Crippen LogP contribution in [0.15, 0.2) is 18.2 Å². The zero-order valence-corrected chi connectivity index (χ0v) is 12.4. The Morgan fingerprint density at radius 1 is 1.38 bits per heavy atom. The molecule has 0 radical (unpaired) electrons. The van der Waals surface area contributed by atoms with Crippen LogP contribution >= 0.6 is 0 Å². The standard InChI is InChI=1S/C14H16N2O4S/c1-14(4-5-21(19,20)8-14)16-11-3-2-9(13(15)18)6-10(11)7-12(16)17/h2-3,6H,4-5,7-8H2,1H3,(H2,15,18)/t14-/m0/s1. The van der Waals surface area contributed by atoms with E-state index in [1.54, 1.807) is 30.0 Å². The van der Waals surface area contributed by atoms with Crippen LogP contribution in [0.5, 0.6) is 0 Å². The monoisotopic (exact) mass is 308 g/mol. The third-order valence-corrected chi connectivity index (χ3v) is 6.11. The van der Waals surface area contributed by atoms with Gasteiger partial charge in [-0.25, -0.2) is 8.42 Å². The lowest BCUT2D eigenvalue weighted by Crippen LogP contribution is -2.49. The van der Waals surface area contributed by atoms with Crippen molar-refractivity contribution in [3.05, 3.63) is 29.3 Å². The van der Waals surface area contributed by atoms with Crippen LogP contribution in [-0.4, -0.2) is 37.3 Å². The predicted molar refractivity (Wildman–Crippen MR) is 77.8 cm³/mol. The summed E-state index contributed by atoms with van der Waals surface area (Å²) in [6.07, 6.45) is 0.601. The van der Waals surface area contributed by atoms with Gasteiger partial charge in [0.25, 0.3) is 0 Å². The minimum Gasteiger partial charge on any atom is -0.366 e. The maximum Gasteiger partial charge on any atom is 0.248 e. The summed E-state index contributed by atoms with van der Waals surface area (Å²) < 4.78 is 23.5. The van der Waals surface area contributed by atoms with Gasteiger partial charge in [0.05, 0.1) is 23.5 Å². The Kier molecular flexibility index (Phi) is 2.88. The molecule has 0 saturated carbocycles. The molecule has 21 heavy (non-hydrogen) atoms. The highest BCUT2D eigenvalue weighted by Crippen LogP contribution is 2.40. The van der Waals surface area contributed by atoms with Crippen molar-refractivity contribution in [2.24, 2.45) is 5.73 Å². The largest absolute Gasteiger partial charge is 0.366 e. The third kappa shape index (κ3) is 2.21. The summed E-state index contributed by atoms with van der Waals surface area (Å²) in [6.45, 7) is 1.80. The van der Waals surface area contributed by atoms with Gasteiger partial charge in [0.15, 0.2) is 9.84 Å². The van der Waals surface area contributed by atoms with Gasteiger partial charge in [0.1, 0.15) is 0 Å². The SMILES string of the molecule is C[C@]1(N2C(=O)Cc3cc(C(N)=O)ccc32)CCS(=O)(=O)C1. The number of nitrogens with two attached hydrogens (primary N) is 1. The van der Waals surface area contributed by atoms with Crippen LogP contribution in [0, 0.1) is 0 Å². The molecule has 2 heterocycles. The maximum atomic E-state index is 12.3. The third-order valence-electron chi connectivity index (χ3n) is 4.22. The van der Waals surface area contributed by atoms with Gasteiger partial charge in [0, 0.05) is 11.3 Å². The second-order valence-electron chi connectivity index (χ2n) is 5.95. The Hall–Kier alpha value is -1.89. The summed E-state index contributed by atoms with van der Waals surface area (Å²) in [5, 5.41) is 0. The topological polar surface area (TPSA) is 97.5 Å². The minimum absolute atomic E-state index is 0.0250. The van der Waals surface area contributed by atoms with E-state index in [-0.39, 0.29) is 23.8 Å². The van der Waals surface area contributed by atoms with E-state index in [9.17, 15) is 18.0 Å². The molecule has 1 atom stereocenters. The molecule has 2 aliphatic rings. The van der Waals surface area contributed by atoms with Crippen molar-refractivity contribution in [2.45, 2.75) is 25.3 Å². The van der Waals surface area contributed by atoms with Crippen molar-refractivity contribution < 1.29 is 18.0 Å². The zero-order valence-electron chi connectivity index (χ0n) is 11.6. The van der Waals surface area contributed by atoms with Crippen molar-refractivity contribution in [3.8, 4) is 0 Å². The first-order valence-electron chi connectivity index (χ1n) is 6.68. The molecule has 0 spiro atoms. The smallest absolute Gasteiger partial charge is 0.248 e.